The van der Waals surface area contributed by atoms with Gasteiger partial charge in [-0.15, -0.1) is 0 Å². The number of ether oxygens (including phenoxy) is 1. The lowest BCUT2D eigenvalue weighted by molar-refractivity contribution is 0.0369. The standard InChI is InChI=1S/C12H22N2O2/c1-4-7-16-9-12(15)8-11-5-6-14(13-11)10(2)3/h5-6,10,12,15H,4,7-9H2,1-3H3. The molecule has 4 nitrogen and oxygen atoms in total. The zero-order valence-corrected chi connectivity index (χ0v) is 10.4. The predicted molar refractivity (Wildman–Crippen MR) is 63.4 cm³/mol. The second-order valence-electron chi connectivity index (χ2n) is 4.31. The lowest BCUT2D eigenvalue weighted by Gasteiger charge is -2.09. The van der Waals surface area contributed by atoms with E-state index in [9.17, 15) is 5.11 Å². The van der Waals surface area contributed by atoms with Gasteiger partial charge in [0.15, 0.2) is 0 Å². The molecule has 1 atom stereocenters. The molecule has 0 aliphatic rings. The fourth-order valence-corrected chi connectivity index (χ4v) is 1.44. The van der Waals surface area contributed by atoms with Crippen LogP contribution < -0.4 is 0 Å². The van der Waals surface area contributed by atoms with Gasteiger partial charge < -0.3 is 9.84 Å². The monoisotopic (exact) mass is 226 g/mol. The third kappa shape index (κ3) is 4.33. The number of aliphatic hydroxyl groups is 1. The van der Waals surface area contributed by atoms with Crippen LogP contribution in [-0.2, 0) is 11.2 Å². The maximum absolute atomic E-state index is 9.70. The van der Waals surface area contributed by atoms with Crippen molar-refractivity contribution < 1.29 is 9.84 Å². The molecule has 0 spiro atoms. The van der Waals surface area contributed by atoms with Gasteiger partial charge in [-0.3, -0.25) is 4.68 Å². The highest BCUT2D eigenvalue weighted by molar-refractivity contribution is 5.01. The summed E-state index contributed by atoms with van der Waals surface area (Å²) in [6.45, 7) is 7.31. The SMILES string of the molecule is CCCOCC(O)Cc1ccn(C(C)C)n1. The van der Waals surface area contributed by atoms with Crippen molar-refractivity contribution in [3.05, 3.63) is 18.0 Å². The molecule has 1 N–H and O–H groups in total. The first-order valence-electron chi connectivity index (χ1n) is 5.93. The molecule has 1 rings (SSSR count). The van der Waals surface area contributed by atoms with Crippen LogP contribution in [0.4, 0.5) is 0 Å². The van der Waals surface area contributed by atoms with Gasteiger partial charge in [-0.25, -0.2) is 0 Å². The topological polar surface area (TPSA) is 47.3 Å². The van der Waals surface area contributed by atoms with Gasteiger partial charge in [0.2, 0.25) is 0 Å². The molecule has 0 bridgehead atoms. The largest absolute Gasteiger partial charge is 0.390 e. The fraction of sp³-hybridized carbons (Fsp3) is 0.750. The Kier molecular flexibility index (Phi) is 5.49. The quantitative estimate of drug-likeness (QED) is 0.721. The zero-order valence-electron chi connectivity index (χ0n) is 10.4. The van der Waals surface area contributed by atoms with Crippen molar-refractivity contribution in [2.24, 2.45) is 0 Å². The molecule has 1 aromatic rings. The van der Waals surface area contributed by atoms with E-state index in [1.165, 1.54) is 0 Å². The molecule has 0 saturated heterocycles. The van der Waals surface area contributed by atoms with E-state index in [-0.39, 0.29) is 0 Å². The molecule has 1 heterocycles. The lowest BCUT2D eigenvalue weighted by atomic mass is 10.2. The van der Waals surface area contributed by atoms with Gasteiger partial charge in [0, 0.05) is 25.3 Å². The van der Waals surface area contributed by atoms with Crippen molar-refractivity contribution in [1.29, 1.82) is 0 Å². The average molecular weight is 226 g/mol. The van der Waals surface area contributed by atoms with Crippen LogP contribution in [0, 0.1) is 0 Å². The Labute approximate surface area is 97.2 Å². The van der Waals surface area contributed by atoms with Crippen LogP contribution >= 0.6 is 0 Å². The van der Waals surface area contributed by atoms with Crippen molar-refractivity contribution in [1.82, 2.24) is 9.78 Å². The molecule has 0 aliphatic heterocycles. The molecule has 1 aromatic heterocycles. The molecule has 92 valence electrons. The van der Waals surface area contributed by atoms with Crippen molar-refractivity contribution in [2.75, 3.05) is 13.2 Å². The average Bonchev–Trinajstić information content (AvgIpc) is 2.66. The molecule has 0 amide bonds. The summed E-state index contributed by atoms with van der Waals surface area (Å²) in [6, 6.07) is 2.31. The second-order valence-corrected chi connectivity index (χ2v) is 4.31. The van der Waals surface area contributed by atoms with E-state index >= 15 is 0 Å². The van der Waals surface area contributed by atoms with Gasteiger partial charge in [-0.05, 0) is 26.3 Å². The smallest absolute Gasteiger partial charge is 0.0829 e. The van der Waals surface area contributed by atoms with Crippen molar-refractivity contribution in [3.8, 4) is 0 Å². The number of aromatic nitrogens is 2. The van der Waals surface area contributed by atoms with Crippen LogP contribution in [0.2, 0.25) is 0 Å². The zero-order chi connectivity index (χ0) is 12.0. The van der Waals surface area contributed by atoms with Crippen LogP contribution in [-0.4, -0.2) is 34.2 Å². The van der Waals surface area contributed by atoms with Crippen molar-refractivity contribution in [3.63, 3.8) is 0 Å². The summed E-state index contributed by atoms with van der Waals surface area (Å²) in [7, 11) is 0. The number of aliphatic hydroxyl groups excluding tert-OH is 1. The Bertz CT molecular complexity index is 297. The maximum atomic E-state index is 9.70. The number of nitrogens with zero attached hydrogens (tertiary/aromatic N) is 2. The van der Waals surface area contributed by atoms with E-state index in [2.05, 4.69) is 25.9 Å². The van der Waals surface area contributed by atoms with E-state index < -0.39 is 6.10 Å². The Morgan fingerprint density at radius 1 is 1.50 bits per heavy atom. The Hall–Kier alpha value is -0.870. The van der Waals surface area contributed by atoms with Gasteiger partial charge in [0.1, 0.15) is 0 Å². The molecular weight excluding hydrogens is 204 g/mol. The van der Waals surface area contributed by atoms with E-state index in [0.717, 1.165) is 12.1 Å². The Balaban J connectivity index is 2.34. The minimum atomic E-state index is -0.456. The van der Waals surface area contributed by atoms with Crippen LogP contribution in [0.1, 0.15) is 38.9 Å². The van der Waals surface area contributed by atoms with Crippen molar-refractivity contribution in [2.45, 2.75) is 45.8 Å². The summed E-state index contributed by atoms with van der Waals surface area (Å²) in [5.74, 6) is 0. The van der Waals surface area contributed by atoms with E-state index in [1.54, 1.807) is 0 Å². The molecule has 0 saturated carbocycles. The predicted octanol–water partition coefficient (Wildman–Crippen LogP) is 1.79. The minimum absolute atomic E-state index is 0.363. The fourth-order valence-electron chi connectivity index (χ4n) is 1.44. The highest BCUT2D eigenvalue weighted by Gasteiger charge is 2.09. The maximum Gasteiger partial charge on any atom is 0.0829 e. The summed E-state index contributed by atoms with van der Waals surface area (Å²) >= 11 is 0. The molecule has 0 aliphatic carbocycles. The first kappa shape index (κ1) is 13.2. The molecule has 4 heteroatoms. The van der Waals surface area contributed by atoms with Gasteiger partial charge >= 0.3 is 0 Å². The highest BCUT2D eigenvalue weighted by Crippen LogP contribution is 2.06. The Morgan fingerprint density at radius 3 is 2.81 bits per heavy atom. The molecule has 16 heavy (non-hydrogen) atoms. The van der Waals surface area contributed by atoms with Gasteiger partial charge in [-0.1, -0.05) is 6.92 Å². The lowest BCUT2D eigenvalue weighted by Crippen LogP contribution is -2.19. The van der Waals surface area contributed by atoms with Crippen LogP contribution in [0.15, 0.2) is 12.3 Å². The minimum Gasteiger partial charge on any atom is -0.390 e. The first-order valence-corrected chi connectivity index (χ1v) is 5.93. The number of hydrogen-bond donors (Lipinski definition) is 1. The van der Waals surface area contributed by atoms with Crippen molar-refractivity contribution >= 4 is 0 Å². The molecular formula is C12H22N2O2. The van der Waals surface area contributed by atoms with E-state index in [4.69, 9.17) is 4.74 Å². The summed E-state index contributed by atoms with van der Waals surface area (Å²) in [4.78, 5) is 0. The normalized spacial score (nSPS) is 13.3. The van der Waals surface area contributed by atoms with E-state index in [1.807, 2.05) is 16.9 Å². The van der Waals surface area contributed by atoms with Gasteiger partial charge in [0.05, 0.1) is 18.4 Å². The summed E-state index contributed by atoms with van der Waals surface area (Å²) in [5, 5.41) is 14.1. The summed E-state index contributed by atoms with van der Waals surface area (Å²) in [5.41, 5.74) is 0.918. The molecule has 0 radical (unpaired) electrons. The second kappa shape index (κ2) is 6.66. The molecule has 0 aromatic carbocycles. The van der Waals surface area contributed by atoms with Crippen LogP contribution in [0.5, 0.6) is 0 Å². The first-order chi connectivity index (χ1) is 7.63. The molecule has 0 fully saturated rings. The third-order valence-corrected chi connectivity index (χ3v) is 2.30. The van der Waals surface area contributed by atoms with Crippen LogP contribution in [0.25, 0.3) is 0 Å². The highest BCUT2D eigenvalue weighted by atomic mass is 16.5. The third-order valence-electron chi connectivity index (χ3n) is 2.30. The Morgan fingerprint density at radius 2 is 2.25 bits per heavy atom. The van der Waals surface area contributed by atoms with Gasteiger partial charge in [-0.2, -0.15) is 5.10 Å². The van der Waals surface area contributed by atoms with E-state index in [0.29, 0.717) is 25.7 Å². The summed E-state index contributed by atoms with van der Waals surface area (Å²) in [6.07, 6.45) is 3.03. The number of hydrogen-bond acceptors (Lipinski definition) is 3. The summed E-state index contributed by atoms with van der Waals surface area (Å²) < 4.78 is 7.18. The van der Waals surface area contributed by atoms with Gasteiger partial charge in [0.25, 0.3) is 0 Å². The number of rotatable bonds is 7. The van der Waals surface area contributed by atoms with Crippen LogP contribution in [0.3, 0.4) is 0 Å². The molecule has 1 unspecified atom stereocenters.